The highest BCUT2D eigenvalue weighted by atomic mass is 16.5. The van der Waals surface area contributed by atoms with Gasteiger partial charge in [-0.15, -0.1) is 0 Å². The second kappa shape index (κ2) is 5.05. The summed E-state index contributed by atoms with van der Waals surface area (Å²) in [6, 6.07) is 3.50. The minimum Gasteiger partial charge on any atom is -0.383 e. The van der Waals surface area contributed by atoms with Crippen LogP contribution in [0.3, 0.4) is 0 Å². The smallest absolute Gasteiger partial charge is 0.168 e. The van der Waals surface area contributed by atoms with E-state index in [-0.39, 0.29) is 11.8 Å². The van der Waals surface area contributed by atoms with Crippen LogP contribution in [0.4, 0.5) is 5.82 Å². The number of ketones is 1. The van der Waals surface area contributed by atoms with Crippen molar-refractivity contribution in [1.29, 1.82) is 0 Å². The van der Waals surface area contributed by atoms with Gasteiger partial charge in [0, 0.05) is 25.2 Å². The van der Waals surface area contributed by atoms with E-state index in [9.17, 15) is 4.79 Å². The number of hydrogen-bond acceptors (Lipinski definition) is 5. The topological polar surface area (TPSA) is 77.2 Å². The van der Waals surface area contributed by atoms with Gasteiger partial charge < -0.3 is 15.8 Å². The number of aromatic nitrogens is 1. The number of morpholine rings is 1. The maximum absolute atomic E-state index is 11.9. The van der Waals surface area contributed by atoms with Gasteiger partial charge in [0.05, 0.1) is 18.8 Å². The van der Waals surface area contributed by atoms with Crippen LogP contribution in [-0.4, -0.2) is 36.6 Å². The van der Waals surface area contributed by atoms with Crippen LogP contribution < -0.4 is 11.1 Å². The molecule has 0 bridgehead atoms. The third-order valence-electron chi connectivity index (χ3n) is 2.57. The normalized spacial score (nSPS) is 20.6. The number of hydrogen-bond donors (Lipinski definition) is 2. The number of pyridine rings is 1. The molecule has 1 atom stereocenters. The minimum absolute atomic E-state index is 0.00796. The van der Waals surface area contributed by atoms with Crippen molar-refractivity contribution in [1.82, 2.24) is 10.3 Å². The Morgan fingerprint density at radius 2 is 2.56 bits per heavy atom. The number of carbonyl (C=O) groups is 1. The van der Waals surface area contributed by atoms with Crippen LogP contribution in [-0.2, 0) is 4.74 Å². The van der Waals surface area contributed by atoms with E-state index in [0.29, 0.717) is 31.0 Å². The second-order valence-electron chi connectivity index (χ2n) is 3.79. The lowest BCUT2D eigenvalue weighted by Gasteiger charge is -2.23. The van der Waals surface area contributed by atoms with Crippen LogP contribution in [0.1, 0.15) is 16.8 Å². The van der Waals surface area contributed by atoms with E-state index in [0.717, 1.165) is 6.54 Å². The highest BCUT2D eigenvalue weighted by Gasteiger charge is 2.19. The molecule has 2 rings (SSSR count). The molecule has 1 aromatic heterocycles. The lowest BCUT2D eigenvalue weighted by atomic mass is 10.0. The first-order valence-electron chi connectivity index (χ1n) is 5.32. The van der Waals surface area contributed by atoms with Gasteiger partial charge in [0.25, 0.3) is 0 Å². The fraction of sp³-hybridized carbons (Fsp3) is 0.455. The molecule has 0 saturated carbocycles. The number of nitrogens with zero attached hydrogens (tertiary/aromatic N) is 1. The first-order valence-corrected chi connectivity index (χ1v) is 5.32. The summed E-state index contributed by atoms with van der Waals surface area (Å²) in [6.45, 7) is 2.08. The number of nitrogens with one attached hydrogen (secondary N) is 1. The minimum atomic E-state index is 0.00796. The van der Waals surface area contributed by atoms with Crippen molar-refractivity contribution in [2.45, 2.75) is 12.5 Å². The number of anilines is 1. The molecule has 3 N–H and O–H groups in total. The van der Waals surface area contributed by atoms with Crippen molar-refractivity contribution in [3.63, 3.8) is 0 Å². The van der Waals surface area contributed by atoms with E-state index in [2.05, 4.69) is 10.3 Å². The Hall–Kier alpha value is -1.46. The molecule has 1 unspecified atom stereocenters. The van der Waals surface area contributed by atoms with Crippen LogP contribution in [0.25, 0.3) is 0 Å². The average Bonchev–Trinajstić information content (AvgIpc) is 2.31. The third-order valence-corrected chi connectivity index (χ3v) is 2.57. The van der Waals surface area contributed by atoms with Crippen molar-refractivity contribution < 1.29 is 9.53 Å². The molecule has 86 valence electrons. The van der Waals surface area contributed by atoms with E-state index < -0.39 is 0 Å². The lowest BCUT2D eigenvalue weighted by molar-refractivity contribution is 0.0676. The summed E-state index contributed by atoms with van der Waals surface area (Å²) in [5.41, 5.74) is 6.14. The molecule has 5 heteroatoms. The highest BCUT2D eigenvalue weighted by Crippen LogP contribution is 2.12. The van der Waals surface area contributed by atoms with Gasteiger partial charge >= 0.3 is 0 Å². The Balaban J connectivity index is 2.00. The van der Waals surface area contributed by atoms with E-state index in [1.54, 1.807) is 18.3 Å². The fourth-order valence-electron chi connectivity index (χ4n) is 1.74. The van der Waals surface area contributed by atoms with E-state index in [4.69, 9.17) is 10.5 Å². The highest BCUT2D eigenvalue weighted by molar-refractivity contribution is 6.00. The maximum Gasteiger partial charge on any atom is 0.168 e. The molecule has 0 amide bonds. The zero-order valence-corrected chi connectivity index (χ0v) is 8.98. The Bertz CT molecular complexity index is 375. The van der Waals surface area contributed by atoms with Crippen LogP contribution >= 0.6 is 0 Å². The molecule has 5 nitrogen and oxygen atoms in total. The van der Waals surface area contributed by atoms with E-state index in [1.165, 1.54) is 0 Å². The molecule has 2 heterocycles. The summed E-state index contributed by atoms with van der Waals surface area (Å²) in [6.07, 6.45) is 1.98. The summed E-state index contributed by atoms with van der Waals surface area (Å²) in [4.78, 5) is 15.8. The first kappa shape index (κ1) is 11.0. The maximum atomic E-state index is 11.9. The number of Topliss-reactive ketones (excluding diaryl/α,β-unsaturated/α-hetero) is 1. The van der Waals surface area contributed by atoms with Gasteiger partial charge in [0.2, 0.25) is 0 Å². The molecule has 16 heavy (non-hydrogen) atoms. The van der Waals surface area contributed by atoms with Crippen molar-refractivity contribution in [2.75, 3.05) is 25.5 Å². The Labute approximate surface area is 94.0 Å². The molecule has 0 aliphatic carbocycles. The van der Waals surface area contributed by atoms with Crippen LogP contribution in [0.2, 0.25) is 0 Å². The molecule has 1 saturated heterocycles. The van der Waals surface area contributed by atoms with Gasteiger partial charge in [0.15, 0.2) is 5.78 Å². The zero-order chi connectivity index (χ0) is 11.4. The molecule has 0 spiro atoms. The standard InChI is InChI=1S/C11H15N3O2/c12-11-9(2-1-3-14-11)10(15)6-8-7-16-5-4-13-8/h1-3,8,13H,4-7H2,(H2,12,14). The van der Waals surface area contributed by atoms with E-state index >= 15 is 0 Å². The molecule has 0 radical (unpaired) electrons. The largest absolute Gasteiger partial charge is 0.383 e. The van der Waals surface area contributed by atoms with Gasteiger partial charge in [-0.25, -0.2) is 4.98 Å². The predicted molar refractivity (Wildman–Crippen MR) is 60.2 cm³/mol. The molecule has 1 aliphatic heterocycles. The van der Waals surface area contributed by atoms with Crippen molar-refractivity contribution in [3.8, 4) is 0 Å². The third kappa shape index (κ3) is 2.56. The lowest BCUT2D eigenvalue weighted by Crippen LogP contribution is -2.42. The average molecular weight is 221 g/mol. The van der Waals surface area contributed by atoms with Gasteiger partial charge in [-0.05, 0) is 12.1 Å². The van der Waals surface area contributed by atoms with Crippen LogP contribution in [0.15, 0.2) is 18.3 Å². The van der Waals surface area contributed by atoms with Gasteiger partial charge in [-0.3, -0.25) is 4.79 Å². The summed E-state index contributed by atoms with van der Waals surface area (Å²) < 4.78 is 5.29. The van der Waals surface area contributed by atoms with Crippen LogP contribution in [0, 0.1) is 0 Å². The SMILES string of the molecule is Nc1ncccc1C(=O)CC1COCCN1. The Morgan fingerprint density at radius 3 is 3.25 bits per heavy atom. The molecule has 0 aromatic carbocycles. The number of rotatable bonds is 3. The Morgan fingerprint density at radius 1 is 1.69 bits per heavy atom. The van der Waals surface area contributed by atoms with Gasteiger partial charge in [0.1, 0.15) is 5.82 Å². The molecular formula is C11H15N3O2. The molecule has 1 fully saturated rings. The summed E-state index contributed by atoms with van der Waals surface area (Å²) in [5, 5.41) is 3.23. The molecular weight excluding hydrogens is 206 g/mol. The zero-order valence-electron chi connectivity index (χ0n) is 8.98. The fourth-order valence-corrected chi connectivity index (χ4v) is 1.74. The van der Waals surface area contributed by atoms with Gasteiger partial charge in [-0.1, -0.05) is 0 Å². The summed E-state index contributed by atoms with van der Waals surface area (Å²) in [7, 11) is 0. The van der Waals surface area contributed by atoms with Gasteiger partial charge in [-0.2, -0.15) is 0 Å². The summed E-state index contributed by atoms with van der Waals surface area (Å²) >= 11 is 0. The van der Waals surface area contributed by atoms with Crippen molar-refractivity contribution in [2.24, 2.45) is 0 Å². The number of nitrogen functional groups attached to an aromatic ring is 1. The Kier molecular flexibility index (Phi) is 3.48. The number of carbonyl (C=O) groups excluding carboxylic acids is 1. The second-order valence-corrected chi connectivity index (χ2v) is 3.79. The van der Waals surface area contributed by atoms with Crippen LogP contribution in [0.5, 0.6) is 0 Å². The molecule has 1 aromatic rings. The van der Waals surface area contributed by atoms with Crippen molar-refractivity contribution in [3.05, 3.63) is 23.9 Å². The van der Waals surface area contributed by atoms with Crippen molar-refractivity contribution >= 4 is 11.6 Å². The quantitative estimate of drug-likeness (QED) is 0.714. The molecule has 1 aliphatic rings. The summed E-state index contributed by atoms with van der Waals surface area (Å²) in [5.74, 6) is 0.304. The first-order chi connectivity index (χ1) is 7.77. The van der Waals surface area contributed by atoms with E-state index in [1.807, 2.05) is 0 Å². The number of ether oxygens (including phenoxy) is 1. The predicted octanol–water partition coefficient (Wildman–Crippen LogP) is 0.225. The number of nitrogens with two attached hydrogens (primary N) is 1. The monoisotopic (exact) mass is 221 g/mol.